The number of nitrogens with zero attached hydrogens (tertiary/aromatic N) is 1. The molecule has 0 aliphatic heterocycles. The lowest BCUT2D eigenvalue weighted by Gasteiger charge is -2.10. The first kappa shape index (κ1) is 15.3. The molecule has 0 bridgehead atoms. The number of anilines is 1. The SMILES string of the molecule is CC(C)CCCNC(=O)c1cc(NN)nc2ccccc12. The highest BCUT2D eigenvalue weighted by atomic mass is 16.1. The molecule has 0 aliphatic carbocycles. The van der Waals surface area contributed by atoms with E-state index in [-0.39, 0.29) is 5.91 Å². The van der Waals surface area contributed by atoms with Gasteiger partial charge in [-0.05, 0) is 30.9 Å². The van der Waals surface area contributed by atoms with Crippen molar-refractivity contribution in [1.82, 2.24) is 10.3 Å². The number of para-hydroxylation sites is 1. The highest BCUT2D eigenvalue weighted by Crippen LogP contribution is 2.20. The Bertz CT molecular complexity index is 625. The summed E-state index contributed by atoms with van der Waals surface area (Å²) in [5.74, 6) is 6.47. The summed E-state index contributed by atoms with van der Waals surface area (Å²) < 4.78 is 0. The summed E-state index contributed by atoms with van der Waals surface area (Å²) in [6.45, 7) is 5.04. The van der Waals surface area contributed by atoms with E-state index < -0.39 is 0 Å². The molecular weight excluding hydrogens is 264 g/mol. The van der Waals surface area contributed by atoms with Crippen LogP contribution in [0.3, 0.4) is 0 Å². The number of fused-ring (bicyclic) bond motifs is 1. The van der Waals surface area contributed by atoms with Crippen LogP contribution in [0, 0.1) is 5.92 Å². The molecular formula is C16H22N4O. The van der Waals surface area contributed by atoms with E-state index in [1.807, 2.05) is 24.3 Å². The molecule has 1 heterocycles. The average molecular weight is 286 g/mol. The fourth-order valence-electron chi connectivity index (χ4n) is 2.24. The standard InChI is InChI=1S/C16H22N4O/c1-11(2)6-5-9-18-16(21)13-10-15(20-17)19-14-8-4-3-7-12(13)14/h3-4,7-8,10-11H,5-6,9,17H2,1-2H3,(H,18,21)(H,19,20). The number of carbonyl (C=O) groups is 1. The molecule has 0 fully saturated rings. The number of carbonyl (C=O) groups excluding carboxylic acids is 1. The first-order chi connectivity index (χ1) is 10.1. The number of hydrazine groups is 1. The Kier molecular flexibility index (Phi) is 5.11. The Morgan fingerprint density at radius 3 is 2.81 bits per heavy atom. The van der Waals surface area contributed by atoms with Gasteiger partial charge in [0.1, 0.15) is 5.82 Å². The van der Waals surface area contributed by atoms with Gasteiger partial charge in [0.15, 0.2) is 0 Å². The molecule has 1 aromatic heterocycles. The van der Waals surface area contributed by atoms with E-state index in [9.17, 15) is 4.79 Å². The number of nitrogens with one attached hydrogen (secondary N) is 2. The Labute approximate surface area is 124 Å². The average Bonchev–Trinajstić information content (AvgIpc) is 2.50. The number of amides is 1. The maximum atomic E-state index is 12.4. The number of hydrogen-bond donors (Lipinski definition) is 3. The van der Waals surface area contributed by atoms with E-state index in [2.05, 4.69) is 29.6 Å². The molecule has 1 amide bonds. The summed E-state index contributed by atoms with van der Waals surface area (Å²) in [5, 5.41) is 3.79. The summed E-state index contributed by atoms with van der Waals surface area (Å²) in [6, 6.07) is 9.23. The van der Waals surface area contributed by atoms with Crippen LogP contribution in [0.4, 0.5) is 5.82 Å². The largest absolute Gasteiger partial charge is 0.352 e. The first-order valence-electron chi connectivity index (χ1n) is 7.26. The maximum absolute atomic E-state index is 12.4. The number of nitrogen functional groups attached to an aromatic ring is 1. The lowest BCUT2D eigenvalue weighted by molar-refractivity contribution is 0.0954. The minimum atomic E-state index is -0.0890. The Hall–Kier alpha value is -2.14. The monoisotopic (exact) mass is 286 g/mol. The number of aromatic nitrogens is 1. The smallest absolute Gasteiger partial charge is 0.252 e. The zero-order chi connectivity index (χ0) is 15.2. The van der Waals surface area contributed by atoms with Gasteiger partial charge in [0, 0.05) is 11.9 Å². The molecule has 0 atom stereocenters. The van der Waals surface area contributed by atoms with Crippen LogP contribution in [-0.2, 0) is 0 Å². The second kappa shape index (κ2) is 7.04. The predicted octanol–water partition coefficient (Wildman–Crippen LogP) is 2.69. The number of benzene rings is 1. The number of nitrogens with two attached hydrogens (primary N) is 1. The summed E-state index contributed by atoms with van der Waals surface area (Å²) in [5.41, 5.74) is 3.85. The van der Waals surface area contributed by atoms with Gasteiger partial charge in [-0.2, -0.15) is 0 Å². The van der Waals surface area contributed by atoms with Gasteiger partial charge in [0.2, 0.25) is 0 Å². The van der Waals surface area contributed by atoms with Gasteiger partial charge in [-0.3, -0.25) is 4.79 Å². The van der Waals surface area contributed by atoms with Crippen molar-refractivity contribution in [3.8, 4) is 0 Å². The fourth-order valence-corrected chi connectivity index (χ4v) is 2.24. The van der Waals surface area contributed by atoms with E-state index in [1.54, 1.807) is 6.07 Å². The second-order valence-corrected chi connectivity index (χ2v) is 5.51. The summed E-state index contributed by atoms with van der Waals surface area (Å²) in [6.07, 6.45) is 2.08. The van der Waals surface area contributed by atoms with Crippen LogP contribution in [-0.4, -0.2) is 17.4 Å². The fraction of sp³-hybridized carbons (Fsp3) is 0.375. The molecule has 112 valence electrons. The Morgan fingerprint density at radius 2 is 2.10 bits per heavy atom. The summed E-state index contributed by atoms with van der Waals surface area (Å²) >= 11 is 0. The van der Waals surface area contributed by atoms with Crippen molar-refractivity contribution < 1.29 is 4.79 Å². The molecule has 2 aromatic rings. The van der Waals surface area contributed by atoms with Crippen LogP contribution in [0.5, 0.6) is 0 Å². The highest BCUT2D eigenvalue weighted by molar-refractivity contribution is 6.06. The van der Waals surface area contributed by atoms with Gasteiger partial charge < -0.3 is 10.7 Å². The van der Waals surface area contributed by atoms with Crippen molar-refractivity contribution in [3.05, 3.63) is 35.9 Å². The Balaban J connectivity index is 2.17. The van der Waals surface area contributed by atoms with Gasteiger partial charge in [-0.1, -0.05) is 32.0 Å². The topological polar surface area (TPSA) is 80.0 Å². The van der Waals surface area contributed by atoms with E-state index in [0.29, 0.717) is 23.8 Å². The van der Waals surface area contributed by atoms with Crippen LogP contribution in [0.1, 0.15) is 37.0 Å². The summed E-state index contributed by atoms with van der Waals surface area (Å²) in [7, 11) is 0. The third-order valence-electron chi connectivity index (χ3n) is 3.35. The van der Waals surface area contributed by atoms with Crippen molar-refractivity contribution >= 4 is 22.6 Å². The predicted molar refractivity (Wildman–Crippen MR) is 86.0 cm³/mol. The van der Waals surface area contributed by atoms with E-state index in [4.69, 9.17) is 5.84 Å². The molecule has 0 aliphatic rings. The number of rotatable bonds is 6. The van der Waals surface area contributed by atoms with Crippen LogP contribution in [0.15, 0.2) is 30.3 Å². The van der Waals surface area contributed by atoms with Crippen LogP contribution in [0.2, 0.25) is 0 Å². The van der Waals surface area contributed by atoms with Crippen molar-refractivity contribution in [2.24, 2.45) is 11.8 Å². The molecule has 5 nitrogen and oxygen atoms in total. The Morgan fingerprint density at radius 1 is 1.33 bits per heavy atom. The van der Waals surface area contributed by atoms with Crippen molar-refractivity contribution in [3.63, 3.8) is 0 Å². The normalized spacial score (nSPS) is 10.9. The lowest BCUT2D eigenvalue weighted by atomic mass is 10.1. The molecule has 0 saturated carbocycles. The summed E-state index contributed by atoms with van der Waals surface area (Å²) in [4.78, 5) is 16.7. The van der Waals surface area contributed by atoms with Crippen molar-refractivity contribution in [2.75, 3.05) is 12.0 Å². The minimum absolute atomic E-state index is 0.0890. The molecule has 0 radical (unpaired) electrons. The molecule has 0 unspecified atom stereocenters. The van der Waals surface area contributed by atoms with Gasteiger partial charge in [-0.25, -0.2) is 10.8 Å². The molecule has 4 N–H and O–H groups in total. The number of pyridine rings is 1. The van der Waals surface area contributed by atoms with Gasteiger partial charge in [0.05, 0.1) is 11.1 Å². The van der Waals surface area contributed by atoms with Crippen LogP contribution in [0.25, 0.3) is 10.9 Å². The molecule has 2 rings (SSSR count). The second-order valence-electron chi connectivity index (χ2n) is 5.51. The molecule has 0 saturated heterocycles. The molecule has 1 aromatic carbocycles. The highest BCUT2D eigenvalue weighted by Gasteiger charge is 2.12. The van der Waals surface area contributed by atoms with Crippen LogP contribution < -0.4 is 16.6 Å². The lowest BCUT2D eigenvalue weighted by Crippen LogP contribution is -2.25. The van der Waals surface area contributed by atoms with Gasteiger partial charge >= 0.3 is 0 Å². The third kappa shape index (κ3) is 3.92. The van der Waals surface area contributed by atoms with E-state index in [1.165, 1.54) is 0 Å². The third-order valence-corrected chi connectivity index (χ3v) is 3.35. The molecule has 5 heteroatoms. The number of hydrogen-bond acceptors (Lipinski definition) is 4. The van der Waals surface area contributed by atoms with E-state index >= 15 is 0 Å². The zero-order valence-electron chi connectivity index (χ0n) is 12.5. The zero-order valence-corrected chi connectivity index (χ0v) is 12.5. The maximum Gasteiger partial charge on any atom is 0.252 e. The minimum Gasteiger partial charge on any atom is -0.352 e. The van der Waals surface area contributed by atoms with Crippen LogP contribution >= 0.6 is 0 Å². The van der Waals surface area contributed by atoms with E-state index in [0.717, 1.165) is 23.7 Å². The van der Waals surface area contributed by atoms with Gasteiger partial charge in [-0.15, -0.1) is 0 Å². The van der Waals surface area contributed by atoms with Crippen molar-refractivity contribution in [2.45, 2.75) is 26.7 Å². The van der Waals surface area contributed by atoms with Gasteiger partial charge in [0.25, 0.3) is 5.91 Å². The molecule has 21 heavy (non-hydrogen) atoms. The quantitative estimate of drug-likeness (QED) is 0.433. The van der Waals surface area contributed by atoms with Crippen molar-refractivity contribution in [1.29, 1.82) is 0 Å². The first-order valence-corrected chi connectivity index (χ1v) is 7.26. The molecule has 0 spiro atoms.